The van der Waals surface area contributed by atoms with Crippen molar-refractivity contribution < 1.29 is 0 Å². The van der Waals surface area contributed by atoms with E-state index < -0.39 is 0 Å². The summed E-state index contributed by atoms with van der Waals surface area (Å²) in [4.78, 5) is 7.05. The van der Waals surface area contributed by atoms with Gasteiger partial charge in [-0.15, -0.1) is 11.6 Å². The minimum atomic E-state index is 0.464. The molecule has 0 fully saturated rings. The van der Waals surface area contributed by atoms with Gasteiger partial charge in [0, 0.05) is 13.1 Å². The summed E-state index contributed by atoms with van der Waals surface area (Å²) in [6, 6.07) is 6.41. The van der Waals surface area contributed by atoms with Crippen molar-refractivity contribution in [1.29, 1.82) is 0 Å². The first-order valence-corrected chi connectivity index (χ1v) is 7.47. The lowest BCUT2D eigenvalue weighted by Crippen LogP contribution is -2.27. The molecular formula is C15H22ClN3. The Morgan fingerprint density at radius 2 is 2.00 bits per heavy atom. The Bertz CT molecular complexity index is 544. The molecule has 0 aliphatic heterocycles. The van der Waals surface area contributed by atoms with Gasteiger partial charge in [-0.05, 0) is 37.7 Å². The molecule has 0 atom stereocenters. The van der Waals surface area contributed by atoms with Crippen molar-refractivity contribution in [1.82, 2.24) is 14.5 Å². The summed E-state index contributed by atoms with van der Waals surface area (Å²) >= 11 is 6.03. The molecular weight excluding hydrogens is 258 g/mol. The maximum atomic E-state index is 6.03. The summed E-state index contributed by atoms with van der Waals surface area (Å²) in [5, 5.41) is 0. The second-order valence-corrected chi connectivity index (χ2v) is 5.10. The molecule has 0 aliphatic rings. The molecule has 2 aromatic rings. The third-order valence-electron chi connectivity index (χ3n) is 3.64. The van der Waals surface area contributed by atoms with Crippen LogP contribution in [0.2, 0.25) is 0 Å². The van der Waals surface area contributed by atoms with Crippen molar-refractivity contribution in [3.05, 3.63) is 29.6 Å². The molecule has 0 amide bonds. The second-order valence-electron chi connectivity index (χ2n) is 4.83. The van der Waals surface area contributed by atoms with E-state index in [1.807, 2.05) is 0 Å². The number of benzene rings is 1. The summed E-state index contributed by atoms with van der Waals surface area (Å²) in [6.45, 7) is 10.6. The highest BCUT2D eigenvalue weighted by atomic mass is 35.5. The second kappa shape index (κ2) is 6.40. The van der Waals surface area contributed by atoms with Crippen LogP contribution in [0.1, 0.15) is 25.2 Å². The zero-order valence-corrected chi connectivity index (χ0v) is 12.7. The van der Waals surface area contributed by atoms with E-state index in [-0.39, 0.29) is 0 Å². The van der Waals surface area contributed by atoms with Gasteiger partial charge >= 0.3 is 0 Å². The van der Waals surface area contributed by atoms with Crippen LogP contribution in [0.25, 0.3) is 11.0 Å². The van der Waals surface area contributed by atoms with Crippen molar-refractivity contribution in [2.45, 2.75) is 33.2 Å². The van der Waals surface area contributed by atoms with Crippen LogP contribution in [-0.4, -0.2) is 34.1 Å². The highest BCUT2D eigenvalue weighted by molar-refractivity contribution is 6.16. The molecule has 104 valence electrons. The lowest BCUT2D eigenvalue weighted by atomic mass is 10.2. The number of likely N-dealkylation sites (N-methyl/N-ethyl adjacent to an activating group) is 1. The molecule has 0 spiro atoms. The van der Waals surface area contributed by atoms with Crippen LogP contribution in [0.4, 0.5) is 0 Å². The molecule has 1 aromatic carbocycles. The Morgan fingerprint density at radius 1 is 1.26 bits per heavy atom. The molecule has 4 heteroatoms. The maximum Gasteiger partial charge on any atom is 0.124 e. The van der Waals surface area contributed by atoms with E-state index in [1.54, 1.807) is 0 Å². The van der Waals surface area contributed by atoms with Crippen molar-refractivity contribution in [3.8, 4) is 0 Å². The number of hydrogen-bond donors (Lipinski definition) is 0. The Morgan fingerprint density at radius 3 is 2.63 bits per heavy atom. The monoisotopic (exact) mass is 279 g/mol. The highest BCUT2D eigenvalue weighted by Crippen LogP contribution is 2.19. The number of hydrogen-bond acceptors (Lipinski definition) is 2. The molecule has 0 saturated heterocycles. The van der Waals surface area contributed by atoms with E-state index in [1.165, 1.54) is 11.1 Å². The molecule has 0 saturated carbocycles. The first kappa shape index (κ1) is 14.4. The minimum Gasteiger partial charge on any atom is -0.326 e. The quantitative estimate of drug-likeness (QED) is 0.756. The van der Waals surface area contributed by atoms with E-state index in [9.17, 15) is 0 Å². The third kappa shape index (κ3) is 3.10. The number of aromatic nitrogens is 2. The summed E-state index contributed by atoms with van der Waals surface area (Å²) in [7, 11) is 0. The fourth-order valence-electron chi connectivity index (χ4n) is 2.42. The Labute approximate surface area is 120 Å². The van der Waals surface area contributed by atoms with Gasteiger partial charge in [0.2, 0.25) is 0 Å². The average Bonchev–Trinajstić information content (AvgIpc) is 2.77. The van der Waals surface area contributed by atoms with Gasteiger partial charge in [-0.25, -0.2) is 4.98 Å². The van der Waals surface area contributed by atoms with E-state index >= 15 is 0 Å². The number of alkyl halides is 1. The number of aryl methyl sites for hydroxylation is 1. The normalized spacial score (nSPS) is 11.6. The lowest BCUT2D eigenvalue weighted by Gasteiger charge is -2.19. The number of rotatable bonds is 6. The topological polar surface area (TPSA) is 21.1 Å². The predicted octanol–water partition coefficient (Wildman–Crippen LogP) is 3.43. The Balaban J connectivity index is 2.30. The summed E-state index contributed by atoms with van der Waals surface area (Å²) in [6.07, 6.45) is 0. The standard InChI is InChI=1S/C15H22ClN3/c1-4-18(5-2)8-9-19-14-7-6-12(3)10-13(14)17-15(19)11-16/h6-7,10H,4-5,8-9,11H2,1-3H3. The molecule has 2 rings (SSSR count). The molecule has 0 aliphatic carbocycles. The first-order valence-electron chi connectivity index (χ1n) is 6.93. The zero-order valence-electron chi connectivity index (χ0n) is 12.0. The van der Waals surface area contributed by atoms with Crippen LogP contribution in [0.3, 0.4) is 0 Å². The number of imidazole rings is 1. The minimum absolute atomic E-state index is 0.464. The van der Waals surface area contributed by atoms with Gasteiger partial charge in [0.1, 0.15) is 5.82 Å². The average molecular weight is 280 g/mol. The molecule has 0 N–H and O–H groups in total. The molecule has 0 unspecified atom stereocenters. The fraction of sp³-hybridized carbons (Fsp3) is 0.533. The SMILES string of the molecule is CCN(CC)CCn1c(CCl)nc2cc(C)ccc21. The van der Waals surface area contributed by atoms with Crippen LogP contribution < -0.4 is 0 Å². The van der Waals surface area contributed by atoms with Crippen LogP contribution in [-0.2, 0) is 12.4 Å². The summed E-state index contributed by atoms with van der Waals surface area (Å²) < 4.78 is 2.25. The van der Waals surface area contributed by atoms with Gasteiger partial charge < -0.3 is 9.47 Å². The smallest absolute Gasteiger partial charge is 0.124 e. The van der Waals surface area contributed by atoms with Crippen LogP contribution in [0, 0.1) is 6.92 Å². The van der Waals surface area contributed by atoms with Crippen LogP contribution in [0.5, 0.6) is 0 Å². The predicted molar refractivity (Wildman–Crippen MR) is 81.8 cm³/mol. The summed E-state index contributed by atoms with van der Waals surface area (Å²) in [5.74, 6) is 1.43. The summed E-state index contributed by atoms with van der Waals surface area (Å²) in [5.41, 5.74) is 3.48. The highest BCUT2D eigenvalue weighted by Gasteiger charge is 2.10. The van der Waals surface area contributed by atoms with Gasteiger partial charge in [0.15, 0.2) is 0 Å². The van der Waals surface area contributed by atoms with E-state index in [2.05, 4.69) is 53.4 Å². The molecule has 1 heterocycles. The zero-order chi connectivity index (χ0) is 13.8. The van der Waals surface area contributed by atoms with Crippen LogP contribution in [0.15, 0.2) is 18.2 Å². The Hall–Kier alpha value is -1.06. The van der Waals surface area contributed by atoms with Gasteiger partial charge in [0.05, 0.1) is 16.9 Å². The number of nitrogens with zero attached hydrogens (tertiary/aromatic N) is 3. The van der Waals surface area contributed by atoms with Gasteiger partial charge in [-0.3, -0.25) is 0 Å². The third-order valence-corrected chi connectivity index (χ3v) is 3.88. The lowest BCUT2D eigenvalue weighted by molar-refractivity contribution is 0.291. The van der Waals surface area contributed by atoms with Gasteiger partial charge in [-0.1, -0.05) is 19.9 Å². The van der Waals surface area contributed by atoms with Crippen molar-refractivity contribution in [3.63, 3.8) is 0 Å². The van der Waals surface area contributed by atoms with E-state index in [0.29, 0.717) is 5.88 Å². The molecule has 1 aromatic heterocycles. The largest absolute Gasteiger partial charge is 0.326 e. The number of halogens is 1. The van der Waals surface area contributed by atoms with E-state index in [4.69, 9.17) is 11.6 Å². The van der Waals surface area contributed by atoms with Crippen molar-refractivity contribution in [2.24, 2.45) is 0 Å². The first-order chi connectivity index (χ1) is 9.19. The Kier molecular flexibility index (Phi) is 4.83. The van der Waals surface area contributed by atoms with Crippen molar-refractivity contribution >= 4 is 22.6 Å². The molecule has 3 nitrogen and oxygen atoms in total. The number of fused-ring (bicyclic) bond motifs is 1. The maximum absolute atomic E-state index is 6.03. The molecule has 19 heavy (non-hydrogen) atoms. The van der Waals surface area contributed by atoms with Gasteiger partial charge in [-0.2, -0.15) is 0 Å². The van der Waals surface area contributed by atoms with Crippen LogP contribution >= 0.6 is 11.6 Å². The fourth-order valence-corrected chi connectivity index (χ4v) is 2.63. The molecule has 0 radical (unpaired) electrons. The van der Waals surface area contributed by atoms with Gasteiger partial charge in [0.25, 0.3) is 0 Å². The molecule has 0 bridgehead atoms. The van der Waals surface area contributed by atoms with E-state index in [0.717, 1.165) is 37.5 Å². The van der Waals surface area contributed by atoms with Crippen molar-refractivity contribution in [2.75, 3.05) is 19.6 Å².